The van der Waals surface area contributed by atoms with E-state index in [1.807, 2.05) is 0 Å². The number of amides is 1. The summed E-state index contributed by atoms with van der Waals surface area (Å²) in [6.07, 6.45) is 4.37. The van der Waals surface area contributed by atoms with E-state index in [-0.39, 0.29) is 19.1 Å². The maximum Gasteiger partial charge on any atom is 0.258 e. The summed E-state index contributed by atoms with van der Waals surface area (Å²) in [5.74, 6) is 2.51. The van der Waals surface area contributed by atoms with Crippen molar-refractivity contribution in [3.05, 3.63) is 29.8 Å². The van der Waals surface area contributed by atoms with E-state index < -0.39 is 6.10 Å². The Morgan fingerprint density at radius 3 is 2.94 bits per heavy atom. The first-order chi connectivity index (χ1) is 8.15. The summed E-state index contributed by atoms with van der Waals surface area (Å²) in [6.45, 7) is 1.70. The van der Waals surface area contributed by atoms with E-state index >= 15 is 0 Å². The van der Waals surface area contributed by atoms with Gasteiger partial charge in [0.05, 0.1) is 12.6 Å². The molecule has 4 nitrogen and oxygen atoms in total. The van der Waals surface area contributed by atoms with Gasteiger partial charge in [0.25, 0.3) is 5.91 Å². The smallest absolute Gasteiger partial charge is 0.258 e. The Hall–Kier alpha value is -1.99. The SMILES string of the molecule is C#CCNC(=O)COc1ccccc1[C@H](C)O. The predicted octanol–water partition coefficient (Wildman–Crippen LogP) is 0.868. The maximum absolute atomic E-state index is 11.3. The third-order valence-corrected chi connectivity index (χ3v) is 2.12. The van der Waals surface area contributed by atoms with Gasteiger partial charge in [-0.2, -0.15) is 0 Å². The first kappa shape index (κ1) is 13.1. The van der Waals surface area contributed by atoms with Crippen molar-refractivity contribution in [1.29, 1.82) is 0 Å². The molecule has 17 heavy (non-hydrogen) atoms. The fourth-order valence-corrected chi connectivity index (χ4v) is 1.30. The number of aliphatic hydroxyl groups is 1. The van der Waals surface area contributed by atoms with Gasteiger partial charge in [-0.05, 0) is 13.0 Å². The van der Waals surface area contributed by atoms with E-state index in [9.17, 15) is 9.90 Å². The third kappa shape index (κ3) is 4.17. The predicted molar refractivity (Wildman–Crippen MR) is 64.4 cm³/mol. The summed E-state index contributed by atoms with van der Waals surface area (Å²) in [4.78, 5) is 11.3. The molecule has 0 radical (unpaired) electrons. The van der Waals surface area contributed by atoms with Gasteiger partial charge >= 0.3 is 0 Å². The van der Waals surface area contributed by atoms with Crippen LogP contribution in [0, 0.1) is 12.3 Å². The van der Waals surface area contributed by atoms with Crippen molar-refractivity contribution in [2.24, 2.45) is 0 Å². The van der Waals surface area contributed by atoms with Crippen LogP contribution < -0.4 is 10.1 Å². The average Bonchev–Trinajstić information content (AvgIpc) is 2.34. The highest BCUT2D eigenvalue weighted by Crippen LogP contribution is 2.24. The topological polar surface area (TPSA) is 58.6 Å². The molecule has 0 fully saturated rings. The van der Waals surface area contributed by atoms with Gasteiger partial charge in [0.15, 0.2) is 6.61 Å². The Morgan fingerprint density at radius 1 is 1.59 bits per heavy atom. The minimum Gasteiger partial charge on any atom is -0.483 e. The second-order valence-electron chi connectivity index (χ2n) is 3.48. The molecule has 90 valence electrons. The largest absolute Gasteiger partial charge is 0.483 e. The molecular formula is C13H15NO3. The number of ether oxygens (including phenoxy) is 1. The Balaban J connectivity index is 2.57. The van der Waals surface area contributed by atoms with Crippen LogP contribution in [0.5, 0.6) is 5.75 Å². The number of hydrogen-bond acceptors (Lipinski definition) is 3. The number of aliphatic hydroxyl groups excluding tert-OH is 1. The van der Waals surface area contributed by atoms with Crippen molar-refractivity contribution in [3.8, 4) is 18.1 Å². The van der Waals surface area contributed by atoms with Crippen LogP contribution in [0.3, 0.4) is 0 Å². The van der Waals surface area contributed by atoms with Gasteiger partial charge in [-0.25, -0.2) is 0 Å². The normalized spacial score (nSPS) is 11.4. The molecule has 1 amide bonds. The molecular weight excluding hydrogens is 218 g/mol. The van der Waals surface area contributed by atoms with Gasteiger partial charge in [-0.1, -0.05) is 24.1 Å². The number of terminal acetylenes is 1. The lowest BCUT2D eigenvalue weighted by molar-refractivity contribution is -0.122. The molecule has 1 aromatic carbocycles. The average molecular weight is 233 g/mol. The van der Waals surface area contributed by atoms with Gasteiger partial charge in [0.2, 0.25) is 0 Å². The van der Waals surface area contributed by atoms with Crippen molar-refractivity contribution in [2.45, 2.75) is 13.0 Å². The Bertz CT molecular complexity index is 421. The van der Waals surface area contributed by atoms with Crippen LogP contribution in [0.2, 0.25) is 0 Å². The summed E-state index contributed by atoms with van der Waals surface area (Å²) < 4.78 is 5.32. The molecule has 0 aliphatic rings. The van der Waals surface area contributed by atoms with Crippen molar-refractivity contribution in [2.75, 3.05) is 13.2 Å². The monoisotopic (exact) mass is 233 g/mol. The zero-order chi connectivity index (χ0) is 12.7. The molecule has 2 N–H and O–H groups in total. The summed E-state index contributed by atoms with van der Waals surface area (Å²) in [5.41, 5.74) is 0.650. The Labute approximate surface area is 101 Å². The number of benzene rings is 1. The second kappa shape index (κ2) is 6.56. The van der Waals surface area contributed by atoms with Crippen molar-refractivity contribution in [1.82, 2.24) is 5.32 Å². The molecule has 1 rings (SSSR count). The highest BCUT2D eigenvalue weighted by atomic mass is 16.5. The van der Waals surface area contributed by atoms with Crippen LogP contribution in [0.4, 0.5) is 0 Å². The van der Waals surface area contributed by atoms with E-state index in [0.29, 0.717) is 11.3 Å². The quantitative estimate of drug-likeness (QED) is 0.742. The minimum atomic E-state index is -0.639. The van der Waals surface area contributed by atoms with Gasteiger partial charge in [0.1, 0.15) is 5.75 Å². The molecule has 0 saturated heterocycles. The number of rotatable bonds is 5. The number of carbonyl (C=O) groups is 1. The van der Waals surface area contributed by atoms with Crippen LogP contribution in [0.1, 0.15) is 18.6 Å². The molecule has 0 heterocycles. The van der Waals surface area contributed by atoms with Crippen molar-refractivity contribution >= 4 is 5.91 Å². The van der Waals surface area contributed by atoms with Crippen LogP contribution in [-0.2, 0) is 4.79 Å². The zero-order valence-electron chi connectivity index (χ0n) is 9.64. The summed E-state index contributed by atoms with van der Waals surface area (Å²) in [7, 11) is 0. The Morgan fingerprint density at radius 2 is 2.29 bits per heavy atom. The lowest BCUT2D eigenvalue weighted by Gasteiger charge is -2.12. The van der Waals surface area contributed by atoms with Crippen molar-refractivity contribution < 1.29 is 14.6 Å². The van der Waals surface area contributed by atoms with Gasteiger partial charge in [-0.3, -0.25) is 4.79 Å². The molecule has 0 saturated carbocycles. The second-order valence-corrected chi connectivity index (χ2v) is 3.48. The van der Waals surface area contributed by atoms with E-state index in [4.69, 9.17) is 11.2 Å². The molecule has 0 bridgehead atoms. The molecule has 0 spiro atoms. The number of hydrogen-bond donors (Lipinski definition) is 2. The lowest BCUT2D eigenvalue weighted by atomic mass is 10.1. The Kier molecular flexibility index (Phi) is 5.05. The molecule has 0 aromatic heterocycles. The number of carbonyl (C=O) groups excluding carboxylic acids is 1. The molecule has 0 unspecified atom stereocenters. The van der Waals surface area contributed by atoms with Gasteiger partial charge in [-0.15, -0.1) is 6.42 Å². The van der Waals surface area contributed by atoms with E-state index in [2.05, 4.69) is 11.2 Å². The first-order valence-electron chi connectivity index (χ1n) is 5.25. The summed E-state index contributed by atoms with van der Waals surface area (Å²) in [5, 5.41) is 12.0. The molecule has 0 aliphatic carbocycles. The summed E-state index contributed by atoms with van der Waals surface area (Å²) in [6, 6.07) is 7.03. The minimum absolute atomic E-state index is 0.120. The van der Waals surface area contributed by atoms with Crippen LogP contribution in [0.15, 0.2) is 24.3 Å². The van der Waals surface area contributed by atoms with Crippen LogP contribution >= 0.6 is 0 Å². The molecule has 1 aromatic rings. The fraction of sp³-hybridized carbons (Fsp3) is 0.308. The zero-order valence-corrected chi connectivity index (χ0v) is 9.64. The highest BCUT2D eigenvalue weighted by Gasteiger charge is 2.09. The maximum atomic E-state index is 11.3. The van der Waals surface area contributed by atoms with Crippen LogP contribution in [-0.4, -0.2) is 24.2 Å². The fourth-order valence-electron chi connectivity index (χ4n) is 1.30. The molecule has 1 atom stereocenters. The first-order valence-corrected chi connectivity index (χ1v) is 5.25. The van der Waals surface area contributed by atoms with Crippen LogP contribution in [0.25, 0.3) is 0 Å². The molecule has 4 heteroatoms. The van der Waals surface area contributed by atoms with Crippen molar-refractivity contribution in [3.63, 3.8) is 0 Å². The van der Waals surface area contributed by atoms with E-state index in [0.717, 1.165) is 0 Å². The number of nitrogens with one attached hydrogen (secondary N) is 1. The standard InChI is InChI=1S/C13H15NO3/c1-3-8-14-13(16)9-17-12-7-5-4-6-11(12)10(2)15/h1,4-7,10,15H,8-9H2,2H3,(H,14,16)/t10-/m0/s1. The molecule has 0 aliphatic heterocycles. The summed E-state index contributed by atoms with van der Waals surface area (Å²) >= 11 is 0. The third-order valence-electron chi connectivity index (χ3n) is 2.12. The number of para-hydroxylation sites is 1. The van der Waals surface area contributed by atoms with E-state index in [1.165, 1.54) is 0 Å². The van der Waals surface area contributed by atoms with Gasteiger partial charge in [0, 0.05) is 5.56 Å². The van der Waals surface area contributed by atoms with Gasteiger partial charge < -0.3 is 15.2 Å². The highest BCUT2D eigenvalue weighted by molar-refractivity contribution is 5.77. The van der Waals surface area contributed by atoms with E-state index in [1.54, 1.807) is 31.2 Å². The lowest BCUT2D eigenvalue weighted by Crippen LogP contribution is -2.29.